The van der Waals surface area contributed by atoms with Gasteiger partial charge in [-0.25, -0.2) is 0 Å². The lowest BCUT2D eigenvalue weighted by Crippen LogP contribution is -2.54. The maximum absolute atomic E-state index is 13.1. The van der Waals surface area contributed by atoms with Gasteiger partial charge in [-0.05, 0) is 48.1 Å². The summed E-state index contributed by atoms with van der Waals surface area (Å²) in [7, 11) is 2.90. The number of methoxy groups -OCH3 is 2. The van der Waals surface area contributed by atoms with Crippen molar-refractivity contribution in [1.29, 1.82) is 0 Å². The molecular weight excluding hydrogens is 459 g/mol. The van der Waals surface area contributed by atoms with E-state index in [-0.39, 0.29) is 31.4 Å². The summed E-state index contributed by atoms with van der Waals surface area (Å²) >= 11 is 23.6. The summed E-state index contributed by atoms with van der Waals surface area (Å²) in [5.74, 6) is -0.626. The van der Waals surface area contributed by atoms with Crippen LogP contribution in [-0.4, -0.2) is 31.1 Å². The Balaban J connectivity index is 2.09. The van der Waals surface area contributed by atoms with Crippen molar-refractivity contribution < 1.29 is 19.1 Å². The predicted octanol–water partition coefficient (Wildman–Crippen LogP) is 4.50. The van der Waals surface area contributed by atoms with Crippen LogP contribution >= 0.6 is 47.0 Å². The van der Waals surface area contributed by atoms with Crippen LogP contribution in [0.3, 0.4) is 0 Å². The maximum Gasteiger partial charge on any atom is 0.270 e. The Morgan fingerprint density at radius 2 is 1.79 bits per heavy atom. The summed E-state index contributed by atoms with van der Waals surface area (Å²) in [5, 5.41) is 3.01. The van der Waals surface area contributed by atoms with Crippen LogP contribution in [-0.2, 0) is 9.59 Å². The molecule has 2 aromatic rings. The smallest absolute Gasteiger partial charge is 0.270 e. The summed E-state index contributed by atoms with van der Waals surface area (Å²) in [5.41, 5.74) is 0.541. The molecule has 29 heavy (non-hydrogen) atoms. The fourth-order valence-corrected chi connectivity index (χ4v) is 3.68. The fourth-order valence-electron chi connectivity index (χ4n) is 2.73. The monoisotopic (exact) mass is 470 g/mol. The first-order chi connectivity index (χ1) is 13.8. The van der Waals surface area contributed by atoms with Crippen molar-refractivity contribution in [2.24, 2.45) is 0 Å². The largest absolute Gasteiger partial charge is 0.493 e. The number of carbonyl (C=O) groups is 2. The molecule has 3 rings (SSSR count). The van der Waals surface area contributed by atoms with Gasteiger partial charge in [-0.1, -0.05) is 40.9 Å². The number of nitrogens with one attached hydrogen (secondary N) is 1. The molecule has 1 aliphatic heterocycles. The highest BCUT2D eigenvalue weighted by molar-refractivity contribution is 7.80. The topological polar surface area (TPSA) is 67.9 Å². The standard InChI is InChI=1S/C19H13Cl3N2O4S/c1-27-14-8-9(7-12(21)16(14)28-2)6-10-17(25)23-19(29)24(18(10)26)13-5-3-4-11(20)15(13)22/h3-8H,1-2H3,(H,23,25,29)/b10-6+. The summed E-state index contributed by atoms with van der Waals surface area (Å²) in [6.45, 7) is 0. The molecular formula is C19H13Cl3N2O4S. The normalized spacial score (nSPS) is 15.6. The molecule has 1 saturated heterocycles. The van der Waals surface area contributed by atoms with Crippen LogP contribution in [0, 0.1) is 0 Å². The number of thiocarbonyl (C=S) groups is 1. The van der Waals surface area contributed by atoms with E-state index in [0.29, 0.717) is 17.1 Å². The van der Waals surface area contributed by atoms with Gasteiger partial charge in [-0.3, -0.25) is 19.8 Å². The molecule has 10 heteroatoms. The molecule has 0 bridgehead atoms. The molecule has 1 heterocycles. The minimum absolute atomic E-state index is 0.105. The van der Waals surface area contributed by atoms with Gasteiger partial charge in [0.05, 0.1) is 35.0 Å². The van der Waals surface area contributed by atoms with E-state index in [1.54, 1.807) is 30.3 Å². The molecule has 1 aliphatic rings. The molecule has 0 aliphatic carbocycles. The van der Waals surface area contributed by atoms with Gasteiger partial charge in [0.2, 0.25) is 0 Å². The number of nitrogens with zero attached hydrogens (tertiary/aromatic N) is 1. The third kappa shape index (κ3) is 4.04. The van der Waals surface area contributed by atoms with Crippen LogP contribution in [0.15, 0.2) is 35.9 Å². The quantitative estimate of drug-likeness (QED) is 0.404. The number of rotatable bonds is 4. The predicted molar refractivity (Wildman–Crippen MR) is 117 cm³/mol. The highest BCUT2D eigenvalue weighted by atomic mass is 35.5. The van der Waals surface area contributed by atoms with Crippen molar-refractivity contribution in [2.45, 2.75) is 0 Å². The Hall–Kier alpha value is -2.32. The van der Waals surface area contributed by atoms with Crippen molar-refractivity contribution in [1.82, 2.24) is 5.32 Å². The molecule has 0 spiro atoms. The lowest BCUT2D eigenvalue weighted by molar-refractivity contribution is -0.122. The zero-order valence-corrected chi connectivity index (χ0v) is 18.2. The first-order valence-electron chi connectivity index (χ1n) is 8.05. The molecule has 0 unspecified atom stereocenters. The van der Waals surface area contributed by atoms with Gasteiger partial charge in [0.1, 0.15) is 5.57 Å². The Labute approximate surface area is 186 Å². The molecule has 0 saturated carbocycles. The van der Waals surface area contributed by atoms with E-state index in [1.807, 2.05) is 0 Å². The molecule has 6 nitrogen and oxygen atoms in total. The summed E-state index contributed by atoms with van der Waals surface area (Å²) in [6, 6.07) is 7.89. The molecule has 1 N–H and O–H groups in total. The van der Waals surface area contributed by atoms with Crippen LogP contribution in [0.4, 0.5) is 5.69 Å². The van der Waals surface area contributed by atoms with Crippen molar-refractivity contribution in [2.75, 3.05) is 19.1 Å². The van der Waals surface area contributed by atoms with Gasteiger partial charge in [-0.15, -0.1) is 0 Å². The van der Waals surface area contributed by atoms with E-state index in [2.05, 4.69) is 5.32 Å². The molecule has 2 aromatic carbocycles. The van der Waals surface area contributed by atoms with Crippen LogP contribution in [0.25, 0.3) is 6.08 Å². The Morgan fingerprint density at radius 1 is 1.07 bits per heavy atom. The second kappa shape index (κ2) is 8.59. The van der Waals surface area contributed by atoms with E-state index >= 15 is 0 Å². The average Bonchev–Trinajstić information content (AvgIpc) is 2.67. The molecule has 2 amide bonds. The molecule has 0 atom stereocenters. The van der Waals surface area contributed by atoms with Crippen molar-refractivity contribution >= 4 is 75.7 Å². The van der Waals surface area contributed by atoms with Gasteiger partial charge in [0.15, 0.2) is 16.6 Å². The lowest BCUT2D eigenvalue weighted by atomic mass is 10.1. The Morgan fingerprint density at radius 3 is 2.45 bits per heavy atom. The number of benzene rings is 2. The second-order valence-corrected chi connectivity index (χ2v) is 7.35. The Kier molecular flexibility index (Phi) is 6.33. The highest BCUT2D eigenvalue weighted by Crippen LogP contribution is 2.37. The second-order valence-electron chi connectivity index (χ2n) is 5.77. The van der Waals surface area contributed by atoms with Crippen molar-refractivity contribution in [3.05, 3.63) is 56.5 Å². The summed E-state index contributed by atoms with van der Waals surface area (Å²) in [4.78, 5) is 26.7. The van der Waals surface area contributed by atoms with Crippen LogP contribution in [0.5, 0.6) is 11.5 Å². The van der Waals surface area contributed by atoms with Gasteiger partial charge in [-0.2, -0.15) is 0 Å². The van der Waals surface area contributed by atoms with Crippen LogP contribution in [0.1, 0.15) is 5.56 Å². The third-order valence-electron chi connectivity index (χ3n) is 4.04. The highest BCUT2D eigenvalue weighted by Gasteiger charge is 2.35. The Bertz CT molecular complexity index is 1070. The number of carbonyl (C=O) groups excluding carboxylic acids is 2. The van der Waals surface area contributed by atoms with E-state index in [9.17, 15) is 9.59 Å². The van der Waals surface area contributed by atoms with Crippen LogP contribution < -0.4 is 19.7 Å². The van der Waals surface area contributed by atoms with E-state index in [4.69, 9.17) is 56.5 Å². The molecule has 150 valence electrons. The number of halogens is 3. The first kappa shape index (κ1) is 21.4. The minimum atomic E-state index is -0.658. The van der Waals surface area contributed by atoms with Gasteiger partial charge >= 0.3 is 0 Å². The molecule has 1 fully saturated rings. The SMILES string of the molecule is COc1cc(/C=C2\C(=O)NC(=S)N(c3cccc(Cl)c3Cl)C2=O)cc(Cl)c1OC. The lowest BCUT2D eigenvalue weighted by Gasteiger charge is -2.29. The fraction of sp³-hybridized carbons (Fsp3) is 0.105. The zero-order valence-electron chi connectivity index (χ0n) is 15.1. The maximum atomic E-state index is 13.1. The summed E-state index contributed by atoms with van der Waals surface area (Å²) < 4.78 is 10.4. The molecule has 0 aromatic heterocycles. The van der Waals surface area contributed by atoms with E-state index in [0.717, 1.165) is 4.90 Å². The average molecular weight is 472 g/mol. The minimum Gasteiger partial charge on any atom is -0.493 e. The third-order valence-corrected chi connectivity index (χ3v) is 5.42. The van der Waals surface area contributed by atoms with E-state index in [1.165, 1.54) is 20.3 Å². The van der Waals surface area contributed by atoms with Crippen molar-refractivity contribution in [3.8, 4) is 11.5 Å². The number of ether oxygens (including phenoxy) is 2. The van der Waals surface area contributed by atoms with Crippen LogP contribution in [0.2, 0.25) is 15.1 Å². The van der Waals surface area contributed by atoms with Crippen molar-refractivity contribution in [3.63, 3.8) is 0 Å². The van der Waals surface area contributed by atoms with Gasteiger partial charge in [0, 0.05) is 0 Å². The molecule has 0 radical (unpaired) electrons. The zero-order chi connectivity index (χ0) is 21.3. The number of anilines is 1. The number of amides is 2. The van der Waals surface area contributed by atoms with Gasteiger partial charge < -0.3 is 9.47 Å². The number of hydrogen-bond donors (Lipinski definition) is 1. The number of hydrogen-bond acceptors (Lipinski definition) is 5. The summed E-state index contributed by atoms with van der Waals surface area (Å²) in [6.07, 6.45) is 1.37. The first-order valence-corrected chi connectivity index (χ1v) is 9.59. The van der Waals surface area contributed by atoms with E-state index < -0.39 is 11.8 Å². The van der Waals surface area contributed by atoms with Gasteiger partial charge in [0.25, 0.3) is 11.8 Å².